The molecule has 2 nitrogen and oxygen atoms in total. The Morgan fingerprint density at radius 3 is 1.74 bits per heavy atom. The van der Waals surface area contributed by atoms with Crippen LogP contribution in [0.5, 0.6) is 0 Å². The van der Waals surface area contributed by atoms with Crippen LogP contribution < -0.4 is 4.90 Å². The van der Waals surface area contributed by atoms with E-state index >= 15 is 0 Å². The van der Waals surface area contributed by atoms with Gasteiger partial charge in [0.05, 0.1) is 5.69 Å². The molecular weight excluding hydrogens is 424 g/mol. The molecule has 4 aromatic carbocycles. The van der Waals surface area contributed by atoms with Gasteiger partial charge in [0.2, 0.25) is 0 Å². The molecule has 0 aliphatic heterocycles. The van der Waals surface area contributed by atoms with Crippen molar-refractivity contribution in [3.8, 4) is 22.4 Å². The second-order valence-electron chi connectivity index (χ2n) is 9.25. The second-order valence-corrected chi connectivity index (χ2v) is 9.25. The van der Waals surface area contributed by atoms with Crippen molar-refractivity contribution in [1.82, 2.24) is 4.98 Å². The highest BCUT2D eigenvalue weighted by molar-refractivity contribution is 5.80. The van der Waals surface area contributed by atoms with Crippen molar-refractivity contribution in [1.29, 1.82) is 0 Å². The molecule has 0 saturated heterocycles. The van der Waals surface area contributed by atoms with Gasteiger partial charge in [0, 0.05) is 34.4 Å². The van der Waals surface area contributed by atoms with E-state index < -0.39 is 0 Å². The van der Waals surface area contributed by atoms with Crippen LogP contribution in [0.15, 0.2) is 128 Å². The van der Waals surface area contributed by atoms with E-state index in [4.69, 9.17) is 4.98 Å². The molecule has 2 heteroatoms. The van der Waals surface area contributed by atoms with Crippen molar-refractivity contribution >= 4 is 17.1 Å². The Morgan fingerprint density at radius 2 is 1.14 bits per heavy atom. The summed E-state index contributed by atoms with van der Waals surface area (Å²) in [4.78, 5) is 7.17. The number of benzene rings is 4. The van der Waals surface area contributed by atoms with Gasteiger partial charge in [-0.1, -0.05) is 92.7 Å². The Balaban J connectivity index is 1.60. The molecule has 0 fully saturated rings. The van der Waals surface area contributed by atoms with Gasteiger partial charge in [-0.2, -0.15) is 0 Å². The first-order valence-electron chi connectivity index (χ1n) is 12.2. The number of nitrogens with zero attached hydrogens (tertiary/aromatic N) is 2. The molecule has 5 rings (SSSR count). The van der Waals surface area contributed by atoms with Crippen molar-refractivity contribution in [2.45, 2.75) is 20.3 Å². The smallest absolute Gasteiger partial charge is 0.0705 e. The minimum Gasteiger partial charge on any atom is -0.310 e. The minimum atomic E-state index is 0.549. The van der Waals surface area contributed by atoms with Crippen molar-refractivity contribution in [3.63, 3.8) is 0 Å². The third kappa shape index (κ3) is 5.17. The summed E-state index contributed by atoms with van der Waals surface area (Å²) in [5, 5.41) is 0. The van der Waals surface area contributed by atoms with Crippen LogP contribution in [0.3, 0.4) is 0 Å². The lowest BCUT2D eigenvalue weighted by atomic mass is 9.93. The third-order valence-electron chi connectivity index (χ3n) is 6.13. The van der Waals surface area contributed by atoms with Crippen molar-refractivity contribution < 1.29 is 0 Å². The standard InChI is InChI=1S/C33H30N2/c1-25(2)21-28-23-33(26-13-6-3-7-14-26)34-24-32(28)27-15-12-20-31(22-27)35(29-16-8-4-9-17-29)30-18-10-5-11-19-30/h3-20,22-25H,21H2,1-2H3. The van der Waals surface area contributed by atoms with E-state index in [9.17, 15) is 0 Å². The molecule has 1 aromatic heterocycles. The third-order valence-corrected chi connectivity index (χ3v) is 6.13. The van der Waals surface area contributed by atoms with Crippen molar-refractivity contribution in [2.75, 3.05) is 4.90 Å². The summed E-state index contributed by atoms with van der Waals surface area (Å²) in [6.07, 6.45) is 3.05. The van der Waals surface area contributed by atoms with E-state index in [1.807, 2.05) is 6.07 Å². The van der Waals surface area contributed by atoms with Gasteiger partial charge in [-0.3, -0.25) is 4.98 Å². The SMILES string of the molecule is CC(C)Cc1cc(-c2ccccc2)ncc1-c1cccc(N(c2ccccc2)c2ccccc2)c1. The van der Waals surface area contributed by atoms with Crippen LogP contribution in [-0.4, -0.2) is 4.98 Å². The van der Waals surface area contributed by atoms with Crippen LogP contribution in [0.1, 0.15) is 19.4 Å². The van der Waals surface area contributed by atoms with Gasteiger partial charge < -0.3 is 4.90 Å². The van der Waals surface area contributed by atoms with E-state index in [0.717, 1.165) is 34.7 Å². The highest BCUT2D eigenvalue weighted by Crippen LogP contribution is 2.37. The van der Waals surface area contributed by atoms with Gasteiger partial charge in [0.25, 0.3) is 0 Å². The fraction of sp³-hybridized carbons (Fsp3) is 0.121. The lowest BCUT2D eigenvalue weighted by Gasteiger charge is -2.26. The Bertz CT molecular complexity index is 1340. The van der Waals surface area contributed by atoms with E-state index in [0.29, 0.717) is 5.92 Å². The summed E-state index contributed by atoms with van der Waals surface area (Å²) >= 11 is 0. The lowest BCUT2D eigenvalue weighted by Crippen LogP contribution is -2.09. The molecule has 0 saturated carbocycles. The lowest BCUT2D eigenvalue weighted by molar-refractivity contribution is 0.648. The molecule has 5 aromatic rings. The summed E-state index contributed by atoms with van der Waals surface area (Å²) in [5.41, 5.74) is 9.28. The van der Waals surface area contributed by atoms with Crippen LogP contribution in [0.25, 0.3) is 22.4 Å². The Kier molecular flexibility index (Phi) is 6.72. The average molecular weight is 455 g/mol. The van der Waals surface area contributed by atoms with Gasteiger partial charge in [-0.25, -0.2) is 0 Å². The summed E-state index contributed by atoms with van der Waals surface area (Å²) in [7, 11) is 0. The molecule has 0 radical (unpaired) electrons. The van der Waals surface area contributed by atoms with Gasteiger partial charge in [0.1, 0.15) is 0 Å². The van der Waals surface area contributed by atoms with Crippen LogP contribution in [0.4, 0.5) is 17.1 Å². The number of aromatic nitrogens is 1. The van der Waals surface area contributed by atoms with E-state index in [1.54, 1.807) is 0 Å². The van der Waals surface area contributed by atoms with E-state index in [-0.39, 0.29) is 0 Å². The highest BCUT2D eigenvalue weighted by atomic mass is 15.1. The molecule has 0 atom stereocenters. The molecule has 0 unspecified atom stereocenters. The minimum absolute atomic E-state index is 0.549. The van der Waals surface area contributed by atoms with E-state index in [2.05, 4.69) is 140 Å². The molecule has 0 bridgehead atoms. The maximum Gasteiger partial charge on any atom is 0.0705 e. The zero-order chi connectivity index (χ0) is 24.0. The van der Waals surface area contributed by atoms with Crippen molar-refractivity contribution in [3.05, 3.63) is 133 Å². The van der Waals surface area contributed by atoms with E-state index in [1.165, 1.54) is 16.7 Å². The molecule has 0 aliphatic rings. The number of hydrogen-bond donors (Lipinski definition) is 0. The summed E-state index contributed by atoms with van der Waals surface area (Å²) in [6, 6.07) is 42.6. The number of rotatable bonds is 7. The largest absolute Gasteiger partial charge is 0.310 e. The van der Waals surface area contributed by atoms with Crippen LogP contribution in [-0.2, 0) is 6.42 Å². The molecule has 0 aliphatic carbocycles. The zero-order valence-corrected chi connectivity index (χ0v) is 20.3. The summed E-state index contributed by atoms with van der Waals surface area (Å²) in [6.45, 7) is 4.55. The highest BCUT2D eigenvalue weighted by Gasteiger charge is 2.15. The normalized spacial score (nSPS) is 10.9. The molecule has 0 N–H and O–H groups in total. The number of anilines is 3. The molecule has 1 heterocycles. The summed E-state index contributed by atoms with van der Waals surface area (Å²) < 4.78 is 0. The van der Waals surface area contributed by atoms with Crippen LogP contribution in [0, 0.1) is 5.92 Å². The van der Waals surface area contributed by atoms with Gasteiger partial charge in [-0.05, 0) is 65.9 Å². The predicted octanol–water partition coefficient (Wildman–Crippen LogP) is 9.08. The Labute approximate surface area is 208 Å². The van der Waals surface area contributed by atoms with Crippen LogP contribution >= 0.6 is 0 Å². The molecular formula is C33H30N2. The molecule has 172 valence electrons. The fourth-order valence-electron chi connectivity index (χ4n) is 4.55. The fourth-order valence-corrected chi connectivity index (χ4v) is 4.55. The first-order valence-corrected chi connectivity index (χ1v) is 12.2. The zero-order valence-electron chi connectivity index (χ0n) is 20.3. The Hall–Kier alpha value is -4.17. The second kappa shape index (κ2) is 10.4. The Morgan fingerprint density at radius 1 is 0.600 bits per heavy atom. The molecule has 35 heavy (non-hydrogen) atoms. The first kappa shape index (κ1) is 22.6. The molecule has 0 amide bonds. The first-order chi connectivity index (χ1) is 17.2. The predicted molar refractivity (Wildman–Crippen MR) is 148 cm³/mol. The maximum atomic E-state index is 4.87. The average Bonchev–Trinajstić information content (AvgIpc) is 2.90. The number of para-hydroxylation sites is 2. The summed E-state index contributed by atoms with van der Waals surface area (Å²) in [5.74, 6) is 0.549. The monoisotopic (exact) mass is 454 g/mol. The number of hydrogen-bond acceptors (Lipinski definition) is 2. The maximum absolute atomic E-state index is 4.87. The van der Waals surface area contributed by atoms with Crippen LogP contribution in [0.2, 0.25) is 0 Å². The van der Waals surface area contributed by atoms with Gasteiger partial charge >= 0.3 is 0 Å². The molecule has 0 spiro atoms. The van der Waals surface area contributed by atoms with Gasteiger partial charge in [-0.15, -0.1) is 0 Å². The topological polar surface area (TPSA) is 16.1 Å². The quantitative estimate of drug-likeness (QED) is 0.244. The van der Waals surface area contributed by atoms with Crippen molar-refractivity contribution in [2.24, 2.45) is 5.92 Å². The number of pyridine rings is 1. The van der Waals surface area contributed by atoms with Gasteiger partial charge in [0.15, 0.2) is 0 Å².